The molecule has 3 aliphatic heterocycles. The Balaban J connectivity index is 0.000000177. The van der Waals surface area contributed by atoms with Crippen molar-refractivity contribution in [2.24, 2.45) is 15.2 Å². The number of rotatable bonds is 34. The van der Waals surface area contributed by atoms with Gasteiger partial charge in [-0.2, -0.15) is 20.2 Å². The first-order valence-electron chi connectivity index (χ1n) is 45.3. The van der Waals surface area contributed by atoms with Gasteiger partial charge >= 0.3 is 0 Å². The number of ether oxygens (including phenoxy) is 3. The number of nitrogens with zero attached hydrogens (tertiary/aromatic N) is 12. The van der Waals surface area contributed by atoms with E-state index in [0.29, 0.717) is 62.8 Å². The molecule has 0 bridgehead atoms. The number of carbonyl (C=O) groups excluding carboxylic acids is 8. The number of aliphatic imine (C=N–C) groups is 1. The van der Waals surface area contributed by atoms with E-state index >= 15 is 0 Å². The van der Waals surface area contributed by atoms with E-state index in [0.717, 1.165) is 63.0 Å². The third kappa shape index (κ3) is 27.7. The number of anilines is 6. The lowest BCUT2D eigenvalue weighted by Gasteiger charge is -2.19. The first-order valence-corrected chi connectivity index (χ1v) is 50.6. The lowest BCUT2D eigenvalue weighted by molar-refractivity contribution is -0.123. The summed E-state index contributed by atoms with van der Waals surface area (Å²) in [5.41, 5.74) is 9.20. The highest BCUT2D eigenvalue weighted by atomic mass is 35.5. The standard InChI is InChI=1S/C42H41Cl5N6O6S.C31H27Cl3N6O4.C29H23Cl3N6O4/c1-2-3-4-5-6-7-8-9-10-37(58-30-14-16-31(17-15-30)59-60(57)32-18-12-29(54)13-19-32)41(55)49-28-11-20-33(45)36(23-28)50-40-39(52-25-27(44)24-48-52)42(56)53(51-40)38-34(46)21-26(43)22-35(38)47;1-4-24(44-25-10-9-17(2)13-18(25)3)30(42)36-21-8-5-7-19(14-21)29(41)37-28-27(39-12-6-11-35-39)31(43)40(38-28)26-22(33)15-20(32)16-23(26)34;1-16-6-7-23(17(2)10-16)42-14-24(39)34-20-5-3-4-18(11-20)28(40)35-27-26(37-9-8-33-15-37)29(41)38(36-27)25-21(31)12-19(30)13-22(25)32/h11-25,37,39,54H,2-10H2,1H3,(H,49,55)(H,50,51);5-16,24,27H,4H2,1-3H3,(H,36,42)(H,37,38,41);3-13,15,26H,14H2,1-2H3,(H,34,39)(H,35,36,40). The minimum atomic E-state index is -1.81. The molecule has 6 unspecified atom stereocenters. The quantitative estimate of drug-likeness (QED) is 0.0184. The van der Waals surface area contributed by atoms with E-state index in [1.54, 1.807) is 97.3 Å². The third-order valence-electron chi connectivity index (χ3n) is 22.4. The predicted molar refractivity (Wildman–Crippen MR) is 571 cm³/mol. The molecule has 3 aromatic heterocycles. The highest BCUT2D eigenvalue weighted by Crippen LogP contribution is 2.45. The van der Waals surface area contributed by atoms with Gasteiger partial charge in [-0.25, -0.2) is 19.2 Å². The van der Waals surface area contributed by atoms with Crippen LogP contribution in [0.1, 0.15) is 139 Å². The van der Waals surface area contributed by atoms with E-state index in [4.69, 9.17) is 151 Å². The van der Waals surface area contributed by atoms with Gasteiger partial charge in [0.25, 0.3) is 47.3 Å². The van der Waals surface area contributed by atoms with Crippen molar-refractivity contribution in [2.75, 3.05) is 37.6 Å². The molecule has 10 aromatic carbocycles. The van der Waals surface area contributed by atoms with Gasteiger partial charge in [0, 0.05) is 74.2 Å². The van der Waals surface area contributed by atoms with Crippen molar-refractivity contribution in [1.82, 2.24) is 45.2 Å². The Kier molecular flexibility index (Phi) is 37.3. The van der Waals surface area contributed by atoms with Crippen molar-refractivity contribution in [3.8, 4) is 28.7 Å². The molecule has 8 amide bonds. The number of unbranched alkanes of at least 4 members (excludes halogenated alkanes) is 7. The average molecular weight is 2220 g/mol. The first kappa shape index (κ1) is 108. The molecule has 0 saturated carbocycles. The van der Waals surface area contributed by atoms with Crippen molar-refractivity contribution in [3.63, 3.8) is 0 Å². The molecule has 13 aromatic rings. The Bertz CT molecular complexity index is 7100. The number of halogens is 11. The molecule has 44 heteroatoms. The second kappa shape index (κ2) is 50.2. The van der Waals surface area contributed by atoms with E-state index in [-0.39, 0.29) is 120 Å². The van der Waals surface area contributed by atoms with Crippen molar-refractivity contribution in [3.05, 3.63) is 326 Å². The summed E-state index contributed by atoms with van der Waals surface area (Å²) in [6.07, 6.45) is 18.4. The van der Waals surface area contributed by atoms with Crippen LogP contribution >= 0.6 is 128 Å². The molecule has 6 atom stereocenters. The molecule has 3 aliphatic rings. The van der Waals surface area contributed by atoms with Crippen LogP contribution in [0.4, 0.5) is 39.8 Å². The summed E-state index contributed by atoms with van der Waals surface area (Å²) in [6.45, 7) is 11.6. The number of nitrogens with one attached hydrogen (secondary N) is 6. The summed E-state index contributed by atoms with van der Waals surface area (Å²) >= 11 is 67.7. The number of aromatic nitrogens is 6. The summed E-state index contributed by atoms with van der Waals surface area (Å²) < 4.78 is 40.4. The van der Waals surface area contributed by atoms with Crippen LogP contribution in [0.15, 0.2) is 258 Å². The van der Waals surface area contributed by atoms with E-state index in [1.807, 2.05) is 71.0 Å². The molecule has 32 nitrogen and oxygen atoms in total. The van der Waals surface area contributed by atoms with E-state index in [9.17, 15) is 47.7 Å². The van der Waals surface area contributed by atoms with Crippen molar-refractivity contribution < 1.29 is 66.1 Å². The highest BCUT2D eigenvalue weighted by molar-refractivity contribution is 7.80. The van der Waals surface area contributed by atoms with Gasteiger partial charge < -0.3 is 54.7 Å². The summed E-state index contributed by atoms with van der Waals surface area (Å²) in [5.74, 6) is -1.75. The number of benzene rings is 10. The number of phenols is 1. The van der Waals surface area contributed by atoms with Crippen molar-refractivity contribution in [1.29, 1.82) is 0 Å². The monoisotopic (exact) mass is 2210 g/mol. The zero-order valence-corrected chi connectivity index (χ0v) is 87.5. The predicted octanol–water partition coefficient (Wildman–Crippen LogP) is 24.1. The van der Waals surface area contributed by atoms with E-state index in [2.05, 4.69) is 64.3 Å². The fourth-order valence-corrected chi connectivity index (χ4v) is 19.3. The summed E-state index contributed by atoms with van der Waals surface area (Å²) in [5, 5.41) is 45.8. The smallest absolute Gasteiger partial charge is 0.280 e. The molecule has 0 aliphatic carbocycles. The number of hydrazine groups is 1. The van der Waals surface area contributed by atoms with Gasteiger partial charge in [-0.3, -0.25) is 53.1 Å². The zero-order valence-electron chi connectivity index (χ0n) is 78.4. The molecule has 0 radical (unpaired) electrons. The Morgan fingerprint density at radius 3 is 1.55 bits per heavy atom. The van der Waals surface area contributed by atoms with Crippen LogP contribution in [-0.2, 0) is 39.8 Å². The fraction of sp³-hybridized carbons (Fsp3) is 0.216. The van der Waals surface area contributed by atoms with Gasteiger partial charge in [0.1, 0.15) is 45.8 Å². The third-order valence-corrected chi connectivity index (χ3v) is 26.3. The van der Waals surface area contributed by atoms with Gasteiger partial charge in [-0.1, -0.05) is 234 Å². The van der Waals surface area contributed by atoms with Gasteiger partial charge in [0.2, 0.25) is 11.1 Å². The minimum Gasteiger partial charge on any atom is -0.508 e. The number of aromatic hydroxyl groups is 1. The fourth-order valence-electron chi connectivity index (χ4n) is 15.3. The van der Waals surface area contributed by atoms with Crippen LogP contribution in [-0.4, -0.2) is 122 Å². The number of imidazole rings is 1. The summed E-state index contributed by atoms with van der Waals surface area (Å²) in [4.78, 5) is 116. The molecule has 1 fully saturated rings. The largest absolute Gasteiger partial charge is 0.508 e. The van der Waals surface area contributed by atoms with Gasteiger partial charge in [-0.05, 0) is 216 Å². The zero-order chi connectivity index (χ0) is 104. The highest BCUT2D eigenvalue weighted by Gasteiger charge is 2.45. The SMILES string of the molecule is CCC(Oc1ccc(C)cc1C)C(=O)Nc1cccc(C(=O)NC2=NN(c3c(Cl)cc(Cl)cc3Cl)C(=O)C2n2cccn2)c1.CCCCCCCCCCC(Oc1ccc(OS(=O)c2ccc(O)cc2)cc1)C(=O)Nc1ccc(Cl)c(N=C2NN(c3c(Cl)cc(Cl)cc3Cl)C(=O)C2n2cc(Cl)cn2)c1.Cc1ccc(OCC(=O)Nc2cccc(C(=O)NC3=NN(c4c(Cl)cc(Cl)cc4Cl)C(=O)C3n3ccnc3)c2)c(C)c1. The Hall–Kier alpha value is -13.3. The first-order chi connectivity index (χ1) is 70.0. The average Bonchev–Trinajstić information content (AvgIpc) is 1.62. The Labute approximate surface area is 896 Å². The Morgan fingerprint density at radius 2 is 1.01 bits per heavy atom. The molecule has 16 rings (SSSR count). The van der Waals surface area contributed by atoms with Crippen LogP contribution in [0.3, 0.4) is 0 Å². The number of hydrogen-bond acceptors (Lipinski definition) is 20. The molecule has 146 heavy (non-hydrogen) atoms. The second-order valence-electron chi connectivity index (χ2n) is 33.3. The molecular formula is C102H91Cl11N18O14S. The molecular weight excluding hydrogens is 2120 g/mol. The van der Waals surface area contributed by atoms with Crippen LogP contribution < -0.4 is 65.4 Å². The Morgan fingerprint density at radius 1 is 0.486 bits per heavy atom. The molecule has 0 spiro atoms. The van der Waals surface area contributed by atoms with Crippen LogP contribution in [0.25, 0.3) is 0 Å². The van der Waals surface area contributed by atoms with Crippen molar-refractivity contribution >= 4 is 243 Å². The van der Waals surface area contributed by atoms with Gasteiger partial charge in [-0.15, -0.1) is 10.2 Å². The number of amides is 8. The van der Waals surface area contributed by atoms with Crippen LogP contribution in [0.2, 0.25) is 55.2 Å². The molecule has 756 valence electrons. The lowest BCUT2D eigenvalue weighted by atomic mass is 10.1. The topological polar surface area (TPSA) is 383 Å². The van der Waals surface area contributed by atoms with Crippen molar-refractivity contribution in [2.45, 2.75) is 141 Å². The number of aryl methyl sites for hydroxylation is 4. The maximum absolute atomic E-state index is 13.9. The van der Waals surface area contributed by atoms with Crippen LogP contribution in [0, 0.1) is 27.7 Å². The number of hydrazone groups is 2. The maximum Gasteiger partial charge on any atom is 0.280 e. The number of amidine groups is 3. The molecule has 1 saturated heterocycles. The van der Waals surface area contributed by atoms with Gasteiger partial charge in [0.05, 0.1) is 63.3 Å². The number of hydrogen-bond donors (Lipinski definition) is 7. The van der Waals surface area contributed by atoms with E-state index in [1.165, 1.54) is 144 Å². The second-order valence-corrected chi connectivity index (χ2v) is 39.0. The maximum atomic E-state index is 13.9. The molecule has 7 N–H and O–H groups in total. The minimum absolute atomic E-state index is 0.00635. The number of carbonyl (C=O) groups is 8. The van der Waals surface area contributed by atoms with Crippen LogP contribution in [0.5, 0.6) is 28.7 Å². The van der Waals surface area contributed by atoms with E-state index < -0.39 is 82.8 Å². The summed E-state index contributed by atoms with van der Waals surface area (Å²) in [6, 6.07) is 48.3. The summed E-state index contributed by atoms with van der Waals surface area (Å²) in [7, 11) is 0. The normalized spacial score (nSPS) is 15.1. The molecule has 6 heterocycles. The van der Waals surface area contributed by atoms with Gasteiger partial charge in [0.15, 0.2) is 54.4 Å². The lowest BCUT2D eigenvalue weighted by Crippen LogP contribution is -2.38. The number of phenolic OH excluding ortho intramolecular Hbond substituents is 1.